The van der Waals surface area contributed by atoms with Gasteiger partial charge in [-0.15, -0.1) is 0 Å². The van der Waals surface area contributed by atoms with Gasteiger partial charge in [0, 0.05) is 3.57 Å². The van der Waals surface area contributed by atoms with E-state index in [4.69, 9.17) is 0 Å². The molecule has 0 aliphatic heterocycles. The third-order valence-corrected chi connectivity index (χ3v) is 5.83. The van der Waals surface area contributed by atoms with Gasteiger partial charge in [-0.05, 0) is 70.9 Å². The Morgan fingerprint density at radius 1 is 1.17 bits per heavy atom. The Bertz CT molecular complexity index is 576. The average Bonchev–Trinajstić information content (AvgIpc) is 2.54. The fourth-order valence-electron chi connectivity index (χ4n) is 2.64. The van der Waals surface area contributed by atoms with E-state index in [1.54, 1.807) is 0 Å². The molecule has 1 aromatic rings. The van der Waals surface area contributed by atoms with Crippen LogP contribution < -0.4 is 0 Å². The number of benzene rings is 1. The molecule has 0 radical (unpaired) electrons. The maximum Gasteiger partial charge on any atom is 0.217 e. The van der Waals surface area contributed by atoms with Crippen molar-refractivity contribution in [2.75, 3.05) is 6.61 Å². The fourth-order valence-corrected chi connectivity index (χ4v) is 3.36. The highest BCUT2D eigenvalue weighted by Crippen LogP contribution is 2.26. The molecule has 0 unspecified atom stereocenters. The Morgan fingerprint density at radius 3 is 2.17 bits per heavy atom. The molecule has 24 heavy (non-hydrogen) atoms. The Balaban J connectivity index is 0.000000240. The average molecular weight is 467 g/mol. The second-order valence-electron chi connectivity index (χ2n) is 6.94. The van der Waals surface area contributed by atoms with E-state index in [1.807, 2.05) is 0 Å². The Hall–Kier alpha value is -0.180. The zero-order valence-corrected chi connectivity index (χ0v) is 17.7. The van der Waals surface area contributed by atoms with Crippen LogP contribution in [0.4, 0.5) is 0 Å². The molecule has 138 valence electrons. The van der Waals surface area contributed by atoms with Crippen LogP contribution in [0.25, 0.3) is 0 Å². The molecule has 0 N–H and O–H groups in total. The molecule has 0 spiro atoms. The second-order valence-corrected chi connectivity index (χ2v) is 9.24. The Morgan fingerprint density at radius 2 is 1.71 bits per heavy atom. The lowest BCUT2D eigenvalue weighted by atomic mass is 9.82. The normalized spacial score (nSPS) is 16.4. The predicted octanol–water partition coefficient (Wildman–Crippen LogP) is 5.02. The van der Waals surface area contributed by atoms with E-state index < -0.39 is 10.4 Å². The number of rotatable bonds is 5. The molecular weight excluding hydrogens is 439 g/mol. The third-order valence-electron chi connectivity index (χ3n) is 4.68. The zero-order valence-electron chi connectivity index (χ0n) is 14.8. The van der Waals surface area contributed by atoms with Crippen LogP contribution in [0.5, 0.6) is 0 Å². The molecule has 4 nitrogen and oxygen atoms in total. The zero-order chi connectivity index (χ0) is 18.2. The molecule has 2 rings (SSSR count). The van der Waals surface area contributed by atoms with E-state index in [-0.39, 0.29) is 12.5 Å². The summed E-state index contributed by atoms with van der Waals surface area (Å²) in [6, 6.07) is 8.80. The van der Waals surface area contributed by atoms with Crippen LogP contribution in [0, 0.1) is 9.49 Å². The lowest BCUT2D eigenvalue weighted by molar-refractivity contribution is 0.189. The molecule has 0 saturated heterocycles. The van der Waals surface area contributed by atoms with Crippen molar-refractivity contribution in [3.05, 3.63) is 33.4 Å². The van der Waals surface area contributed by atoms with Crippen molar-refractivity contribution in [1.82, 2.24) is 0 Å². The van der Waals surface area contributed by atoms with Crippen molar-refractivity contribution in [1.29, 1.82) is 0 Å². The summed E-state index contributed by atoms with van der Waals surface area (Å²) in [5.41, 5.74) is 1.76. The smallest absolute Gasteiger partial charge is 0.217 e. The van der Waals surface area contributed by atoms with Gasteiger partial charge < -0.3 is 4.55 Å². The van der Waals surface area contributed by atoms with Crippen LogP contribution in [0.2, 0.25) is 0 Å². The minimum Gasteiger partial charge on any atom is -0.726 e. The summed E-state index contributed by atoms with van der Waals surface area (Å²) in [6.45, 7) is 6.88. The first-order valence-electron chi connectivity index (χ1n) is 8.50. The summed E-state index contributed by atoms with van der Waals surface area (Å²) in [5.74, 6) is 0.266. The molecule has 0 heterocycles. The van der Waals surface area contributed by atoms with Crippen molar-refractivity contribution in [2.45, 2.75) is 64.7 Å². The van der Waals surface area contributed by atoms with E-state index in [0.29, 0.717) is 5.41 Å². The van der Waals surface area contributed by atoms with Gasteiger partial charge in [-0.3, -0.25) is 4.18 Å². The van der Waals surface area contributed by atoms with Gasteiger partial charge in [0.25, 0.3) is 0 Å². The van der Waals surface area contributed by atoms with Gasteiger partial charge in [0.1, 0.15) is 0 Å². The quantitative estimate of drug-likeness (QED) is 0.347. The van der Waals surface area contributed by atoms with Crippen molar-refractivity contribution in [2.24, 2.45) is 5.92 Å². The first-order chi connectivity index (χ1) is 11.1. The van der Waals surface area contributed by atoms with Crippen LogP contribution in [0.1, 0.15) is 64.9 Å². The molecule has 1 aliphatic carbocycles. The molecule has 1 aliphatic rings. The largest absolute Gasteiger partial charge is 0.726 e. The lowest BCUT2D eigenvalue weighted by Gasteiger charge is -2.23. The molecule has 1 aromatic carbocycles. The monoisotopic (exact) mass is 467 g/mol. The van der Waals surface area contributed by atoms with Crippen molar-refractivity contribution in [3.8, 4) is 0 Å². The summed E-state index contributed by atoms with van der Waals surface area (Å²) < 4.78 is 35.8. The topological polar surface area (TPSA) is 66.4 Å². The van der Waals surface area contributed by atoms with Crippen molar-refractivity contribution < 1.29 is 17.2 Å². The Kier molecular flexibility index (Phi) is 9.19. The molecular formula is C18H28IO4S-. The number of hydrogen-bond donors (Lipinski definition) is 0. The lowest BCUT2D eigenvalue weighted by Crippen LogP contribution is -2.16. The van der Waals surface area contributed by atoms with E-state index in [2.05, 4.69) is 71.8 Å². The van der Waals surface area contributed by atoms with Crippen LogP contribution >= 0.6 is 22.6 Å². The van der Waals surface area contributed by atoms with Gasteiger partial charge >= 0.3 is 0 Å². The number of halogens is 1. The van der Waals surface area contributed by atoms with Gasteiger partial charge in [0.2, 0.25) is 10.4 Å². The first-order valence-corrected chi connectivity index (χ1v) is 10.9. The maximum absolute atomic E-state index is 10.1. The minimum atomic E-state index is -4.47. The van der Waals surface area contributed by atoms with Crippen LogP contribution in [-0.4, -0.2) is 19.6 Å². The van der Waals surface area contributed by atoms with E-state index in [9.17, 15) is 13.0 Å². The van der Waals surface area contributed by atoms with Crippen LogP contribution in [0.3, 0.4) is 0 Å². The molecule has 6 heteroatoms. The summed E-state index contributed by atoms with van der Waals surface area (Å²) in [7, 11) is -4.47. The van der Waals surface area contributed by atoms with E-state index in [1.165, 1.54) is 22.0 Å². The summed E-state index contributed by atoms with van der Waals surface area (Å²) in [5, 5.41) is 0. The highest BCUT2D eigenvalue weighted by Gasteiger charge is 2.17. The second kappa shape index (κ2) is 10.1. The van der Waals surface area contributed by atoms with Crippen molar-refractivity contribution in [3.63, 3.8) is 0 Å². The Labute approximate surface area is 160 Å². The van der Waals surface area contributed by atoms with Crippen LogP contribution in [0.15, 0.2) is 24.3 Å². The SMILES string of the molecule is CCC(C)(C)c1ccc(I)cc1.O=S(=O)([O-])OCC1CCCCC1. The van der Waals surface area contributed by atoms with Crippen molar-refractivity contribution >= 4 is 33.0 Å². The van der Waals surface area contributed by atoms with Gasteiger partial charge in [-0.25, -0.2) is 8.42 Å². The van der Waals surface area contributed by atoms with Gasteiger partial charge in [0.15, 0.2) is 0 Å². The fraction of sp³-hybridized carbons (Fsp3) is 0.667. The molecule has 0 amide bonds. The molecule has 1 fully saturated rings. The van der Waals surface area contributed by atoms with Gasteiger partial charge in [-0.2, -0.15) is 0 Å². The van der Waals surface area contributed by atoms with Gasteiger partial charge in [0.05, 0.1) is 6.61 Å². The number of hydrogen-bond acceptors (Lipinski definition) is 4. The molecule has 1 saturated carbocycles. The highest BCUT2D eigenvalue weighted by molar-refractivity contribution is 14.1. The minimum absolute atomic E-state index is 0.0752. The van der Waals surface area contributed by atoms with Gasteiger partial charge in [-0.1, -0.05) is 52.2 Å². The third kappa shape index (κ3) is 8.78. The van der Waals surface area contributed by atoms with E-state index in [0.717, 1.165) is 25.7 Å². The molecule has 0 aromatic heterocycles. The predicted molar refractivity (Wildman–Crippen MR) is 105 cm³/mol. The summed E-state index contributed by atoms with van der Waals surface area (Å²) in [4.78, 5) is 0. The summed E-state index contributed by atoms with van der Waals surface area (Å²) >= 11 is 2.34. The van der Waals surface area contributed by atoms with E-state index >= 15 is 0 Å². The summed E-state index contributed by atoms with van der Waals surface area (Å²) in [6.07, 6.45) is 6.60. The first kappa shape index (κ1) is 21.9. The molecule has 0 atom stereocenters. The standard InChI is InChI=1S/C11H15I.C7H14O4S/c1-4-11(2,3)9-5-7-10(12)8-6-9;8-12(9,10)11-6-7-4-2-1-3-5-7/h5-8H,4H2,1-3H3;7H,1-6H2,(H,8,9,10)/p-1. The maximum atomic E-state index is 10.1. The van der Waals surface area contributed by atoms with Crippen LogP contribution in [-0.2, 0) is 20.0 Å². The highest BCUT2D eigenvalue weighted by atomic mass is 127. The molecule has 0 bridgehead atoms.